The second-order valence-corrected chi connectivity index (χ2v) is 3.35. The van der Waals surface area contributed by atoms with Gasteiger partial charge in [-0.15, -0.1) is 0 Å². The number of benzene rings is 1. The summed E-state index contributed by atoms with van der Waals surface area (Å²) >= 11 is 0. The van der Waals surface area contributed by atoms with Gasteiger partial charge < -0.3 is 15.5 Å². The van der Waals surface area contributed by atoms with Crippen LogP contribution < -0.4 is 5.32 Å². The van der Waals surface area contributed by atoms with Gasteiger partial charge in [0, 0.05) is 19.2 Å². The number of hydrogen-bond acceptors (Lipinski definition) is 3. The number of aromatic hydroxyl groups is 1. The summed E-state index contributed by atoms with van der Waals surface area (Å²) in [7, 11) is 0. The third-order valence-corrected chi connectivity index (χ3v) is 2.07. The number of hydrogen-bond donors (Lipinski definition) is 3. The smallest absolute Gasteiger partial charge is 0.255 e. The van der Waals surface area contributed by atoms with E-state index in [0.717, 1.165) is 12.1 Å². The topological polar surface area (TPSA) is 69.6 Å². The predicted molar refractivity (Wildman–Crippen MR) is 56.7 cm³/mol. The Kier molecular flexibility index (Phi) is 4.72. The molecule has 3 N–H and O–H groups in total. The molecule has 0 bridgehead atoms. The molecule has 0 saturated heterocycles. The molecular formula is C11H14FNO3. The van der Waals surface area contributed by atoms with Crippen molar-refractivity contribution in [1.29, 1.82) is 0 Å². The van der Waals surface area contributed by atoms with Gasteiger partial charge in [0.05, 0.1) is 5.56 Å². The van der Waals surface area contributed by atoms with Gasteiger partial charge in [0.1, 0.15) is 11.6 Å². The van der Waals surface area contributed by atoms with Crippen LogP contribution in [0.2, 0.25) is 0 Å². The fourth-order valence-corrected chi connectivity index (χ4v) is 1.23. The lowest BCUT2D eigenvalue weighted by atomic mass is 10.2. The Morgan fingerprint density at radius 3 is 2.75 bits per heavy atom. The summed E-state index contributed by atoms with van der Waals surface area (Å²) in [5, 5.41) is 20.4. The van der Waals surface area contributed by atoms with E-state index in [0.29, 0.717) is 19.4 Å². The van der Waals surface area contributed by atoms with Crippen molar-refractivity contribution in [3.8, 4) is 5.75 Å². The minimum atomic E-state index is -0.589. The van der Waals surface area contributed by atoms with Crippen molar-refractivity contribution in [3.05, 3.63) is 29.6 Å². The largest absolute Gasteiger partial charge is 0.507 e. The maximum absolute atomic E-state index is 12.6. The standard InChI is InChI=1S/C11H14FNO3/c12-8-3-4-9(10(15)7-8)11(16)13-5-1-2-6-14/h3-4,7,14-15H,1-2,5-6H2,(H,13,16). The highest BCUT2D eigenvalue weighted by molar-refractivity contribution is 5.96. The molecule has 0 saturated carbocycles. The summed E-state index contributed by atoms with van der Waals surface area (Å²) in [6.07, 6.45) is 1.26. The monoisotopic (exact) mass is 227 g/mol. The van der Waals surface area contributed by atoms with Gasteiger partial charge in [-0.3, -0.25) is 4.79 Å². The molecule has 0 radical (unpaired) electrons. The molecule has 0 heterocycles. The van der Waals surface area contributed by atoms with E-state index < -0.39 is 11.7 Å². The molecule has 16 heavy (non-hydrogen) atoms. The highest BCUT2D eigenvalue weighted by Gasteiger charge is 2.10. The van der Waals surface area contributed by atoms with Crippen LogP contribution in [0.5, 0.6) is 5.75 Å². The fourth-order valence-electron chi connectivity index (χ4n) is 1.23. The zero-order valence-electron chi connectivity index (χ0n) is 8.74. The van der Waals surface area contributed by atoms with Gasteiger partial charge in [-0.2, -0.15) is 0 Å². The second-order valence-electron chi connectivity index (χ2n) is 3.35. The number of halogens is 1. The lowest BCUT2D eigenvalue weighted by molar-refractivity contribution is 0.0949. The van der Waals surface area contributed by atoms with Gasteiger partial charge in [-0.05, 0) is 25.0 Å². The number of rotatable bonds is 5. The molecule has 88 valence electrons. The van der Waals surface area contributed by atoms with E-state index in [-0.39, 0.29) is 17.9 Å². The lowest BCUT2D eigenvalue weighted by Gasteiger charge is -2.06. The third kappa shape index (κ3) is 3.51. The molecule has 0 unspecified atom stereocenters. The van der Waals surface area contributed by atoms with Gasteiger partial charge in [-0.1, -0.05) is 0 Å². The van der Waals surface area contributed by atoms with Crippen molar-refractivity contribution in [1.82, 2.24) is 5.32 Å². The van der Waals surface area contributed by atoms with Crippen LogP contribution in [0.1, 0.15) is 23.2 Å². The van der Waals surface area contributed by atoms with Gasteiger partial charge >= 0.3 is 0 Å². The maximum Gasteiger partial charge on any atom is 0.255 e. The predicted octanol–water partition coefficient (Wildman–Crippen LogP) is 1.03. The molecule has 1 amide bonds. The minimum absolute atomic E-state index is 0.0467. The second kappa shape index (κ2) is 6.07. The molecule has 0 fully saturated rings. The van der Waals surface area contributed by atoms with Gasteiger partial charge in [0.2, 0.25) is 0 Å². The Hall–Kier alpha value is -1.62. The zero-order valence-corrected chi connectivity index (χ0v) is 8.74. The molecule has 1 rings (SSSR count). The normalized spacial score (nSPS) is 10.1. The van der Waals surface area contributed by atoms with Crippen molar-refractivity contribution >= 4 is 5.91 Å². The number of phenols is 1. The van der Waals surface area contributed by atoms with E-state index in [1.54, 1.807) is 0 Å². The van der Waals surface area contributed by atoms with Crippen molar-refractivity contribution in [2.45, 2.75) is 12.8 Å². The van der Waals surface area contributed by atoms with E-state index in [1.165, 1.54) is 6.07 Å². The quantitative estimate of drug-likeness (QED) is 0.658. The molecule has 0 aliphatic carbocycles. The van der Waals surface area contributed by atoms with E-state index in [9.17, 15) is 14.3 Å². The molecule has 1 aromatic rings. The number of carbonyl (C=O) groups excluding carboxylic acids is 1. The highest BCUT2D eigenvalue weighted by atomic mass is 19.1. The van der Waals surface area contributed by atoms with Crippen LogP contribution in [0.25, 0.3) is 0 Å². The average molecular weight is 227 g/mol. The first-order valence-corrected chi connectivity index (χ1v) is 5.02. The van der Waals surface area contributed by atoms with E-state index >= 15 is 0 Å². The molecule has 4 nitrogen and oxygen atoms in total. The van der Waals surface area contributed by atoms with Crippen LogP contribution in [-0.4, -0.2) is 29.3 Å². The maximum atomic E-state index is 12.6. The molecule has 0 spiro atoms. The van der Waals surface area contributed by atoms with Crippen molar-refractivity contribution in [2.75, 3.05) is 13.2 Å². The first-order valence-electron chi connectivity index (χ1n) is 5.02. The molecular weight excluding hydrogens is 213 g/mol. The molecule has 0 aliphatic rings. The molecule has 0 aromatic heterocycles. The minimum Gasteiger partial charge on any atom is -0.507 e. The fraction of sp³-hybridized carbons (Fsp3) is 0.364. The first kappa shape index (κ1) is 12.4. The van der Waals surface area contributed by atoms with Crippen molar-refractivity contribution in [3.63, 3.8) is 0 Å². The lowest BCUT2D eigenvalue weighted by Crippen LogP contribution is -2.24. The summed E-state index contributed by atoms with van der Waals surface area (Å²) in [5.74, 6) is -1.41. The summed E-state index contributed by atoms with van der Waals surface area (Å²) < 4.78 is 12.6. The third-order valence-electron chi connectivity index (χ3n) is 2.07. The Bertz CT molecular complexity index is 368. The SMILES string of the molecule is O=C(NCCCCO)c1ccc(F)cc1O. The van der Waals surface area contributed by atoms with Crippen LogP contribution in [-0.2, 0) is 0 Å². The van der Waals surface area contributed by atoms with Crippen LogP contribution in [0.4, 0.5) is 4.39 Å². The van der Waals surface area contributed by atoms with Crippen molar-refractivity contribution in [2.24, 2.45) is 0 Å². The average Bonchev–Trinajstić information content (AvgIpc) is 2.24. The number of aliphatic hydroxyl groups is 1. The van der Waals surface area contributed by atoms with Gasteiger partial charge in [0.15, 0.2) is 0 Å². The summed E-state index contributed by atoms with van der Waals surface area (Å²) in [4.78, 5) is 11.5. The number of unbranched alkanes of at least 4 members (excludes halogenated alkanes) is 1. The Morgan fingerprint density at radius 2 is 2.12 bits per heavy atom. The number of carbonyl (C=O) groups is 1. The Balaban J connectivity index is 2.53. The van der Waals surface area contributed by atoms with Crippen LogP contribution in [0.15, 0.2) is 18.2 Å². The van der Waals surface area contributed by atoms with Crippen molar-refractivity contribution < 1.29 is 19.4 Å². The number of phenolic OH excluding ortho intramolecular Hbond substituents is 1. The highest BCUT2D eigenvalue weighted by Crippen LogP contribution is 2.17. The number of amides is 1. The van der Waals surface area contributed by atoms with Crippen LogP contribution in [0, 0.1) is 5.82 Å². The molecule has 0 aliphatic heterocycles. The number of aliphatic hydroxyl groups excluding tert-OH is 1. The Morgan fingerprint density at radius 1 is 1.38 bits per heavy atom. The van der Waals surface area contributed by atoms with E-state index in [1.807, 2.05) is 0 Å². The summed E-state index contributed by atoms with van der Waals surface area (Å²) in [6.45, 7) is 0.494. The summed E-state index contributed by atoms with van der Waals surface area (Å²) in [5.41, 5.74) is 0.0467. The Labute approximate surface area is 92.7 Å². The van der Waals surface area contributed by atoms with E-state index in [4.69, 9.17) is 5.11 Å². The van der Waals surface area contributed by atoms with E-state index in [2.05, 4.69) is 5.32 Å². The summed E-state index contributed by atoms with van der Waals surface area (Å²) in [6, 6.07) is 3.23. The molecule has 1 aromatic carbocycles. The number of nitrogens with one attached hydrogen (secondary N) is 1. The first-order chi connectivity index (χ1) is 7.65. The van der Waals surface area contributed by atoms with Gasteiger partial charge in [0.25, 0.3) is 5.91 Å². The molecule has 0 atom stereocenters. The molecule has 5 heteroatoms. The van der Waals surface area contributed by atoms with Crippen LogP contribution >= 0.6 is 0 Å². The van der Waals surface area contributed by atoms with Gasteiger partial charge in [-0.25, -0.2) is 4.39 Å². The van der Waals surface area contributed by atoms with Crippen LogP contribution in [0.3, 0.4) is 0 Å². The zero-order chi connectivity index (χ0) is 12.0.